The average molecular weight is 1220 g/mol. The highest BCUT2D eigenvalue weighted by atomic mass is 16.5. The van der Waals surface area contributed by atoms with Gasteiger partial charge in [0.25, 0.3) is 11.8 Å². The summed E-state index contributed by atoms with van der Waals surface area (Å²) in [5.74, 6) is -1.14. The fraction of sp³-hybridized carbons (Fsp3) is 0.500. The Morgan fingerprint density at radius 2 is 0.625 bits per heavy atom. The van der Waals surface area contributed by atoms with E-state index in [1.807, 2.05) is 69.2 Å². The maximum atomic E-state index is 14.3. The molecule has 10 amide bonds. The SMILES string of the molecule is CCCCOC(=O)[C@H](C)NC(=O)c1cc2cc(c1)NC(=O)Nc1cc(c(OCCC(C)C)cc1OCCC(C)C)NC(=O)Nc1cc(cc(C(=O)N[C@@H](C)C(=O)OCCCC)c1)NC(=O)Nc1cc(c(OCCC(C)C)cc1OCCC(C)C)NC(=O)N2. The van der Waals surface area contributed by atoms with E-state index in [-0.39, 0.29) is 143 Å². The first kappa shape index (κ1) is 69.8. The number of benzene rings is 4. The molecule has 4 aromatic carbocycles. The molecule has 24 heteroatoms. The number of hydrogen-bond acceptors (Lipinski definition) is 14. The van der Waals surface area contributed by atoms with Crippen molar-refractivity contribution in [3.63, 3.8) is 0 Å². The van der Waals surface area contributed by atoms with Gasteiger partial charge in [0.2, 0.25) is 0 Å². The van der Waals surface area contributed by atoms with Gasteiger partial charge in [0.15, 0.2) is 0 Å². The van der Waals surface area contributed by atoms with Crippen molar-refractivity contribution < 1.29 is 66.8 Å². The minimum Gasteiger partial charge on any atom is -0.491 e. The Balaban J connectivity index is 1.70. The van der Waals surface area contributed by atoms with Crippen molar-refractivity contribution >= 4 is 93.4 Å². The van der Waals surface area contributed by atoms with Crippen LogP contribution in [0.5, 0.6) is 23.0 Å². The van der Waals surface area contributed by atoms with Gasteiger partial charge in [-0.2, -0.15) is 0 Å². The van der Waals surface area contributed by atoms with Crippen LogP contribution in [0, 0.1) is 23.7 Å². The molecule has 0 aliphatic carbocycles. The van der Waals surface area contributed by atoms with E-state index in [0.717, 1.165) is 12.8 Å². The number of amides is 10. The summed E-state index contributed by atoms with van der Waals surface area (Å²) in [5, 5.41) is 27.5. The highest BCUT2D eigenvalue weighted by molar-refractivity contribution is 6.09. The van der Waals surface area contributed by atoms with Crippen molar-refractivity contribution in [3.05, 3.63) is 71.8 Å². The number of hydrogen-bond donors (Lipinski definition) is 10. The lowest BCUT2D eigenvalue weighted by Gasteiger charge is -2.21. The Morgan fingerprint density at radius 3 is 0.864 bits per heavy atom. The molecular formula is C64H90N10O14. The molecule has 88 heavy (non-hydrogen) atoms. The quantitative estimate of drug-likeness (QED) is 0.0187. The monoisotopic (exact) mass is 1220 g/mol. The molecule has 8 bridgehead atoms. The molecule has 0 saturated carbocycles. The van der Waals surface area contributed by atoms with Gasteiger partial charge in [-0.3, -0.25) is 9.59 Å². The highest BCUT2D eigenvalue weighted by Crippen LogP contribution is 2.40. The Kier molecular flexibility index (Phi) is 27.8. The highest BCUT2D eigenvalue weighted by Gasteiger charge is 2.25. The summed E-state index contributed by atoms with van der Waals surface area (Å²) >= 11 is 0. The molecule has 1 aliphatic heterocycles. The molecule has 0 unspecified atom stereocenters. The molecule has 0 spiro atoms. The second-order valence-electron chi connectivity index (χ2n) is 23.2. The van der Waals surface area contributed by atoms with Crippen LogP contribution in [0.3, 0.4) is 0 Å². The van der Waals surface area contributed by atoms with Gasteiger partial charge in [-0.25, -0.2) is 28.8 Å². The van der Waals surface area contributed by atoms with Crippen molar-refractivity contribution in [2.24, 2.45) is 23.7 Å². The third-order valence-electron chi connectivity index (χ3n) is 13.3. The van der Waals surface area contributed by atoms with Crippen molar-refractivity contribution in [3.8, 4) is 23.0 Å². The topological polar surface area (TPSA) is 312 Å². The van der Waals surface area contributed by atoms with E-state index >= 15 is 0 Å². The van der Waals surface area contributed by atoms with Crippen LogP contribution in [0.1, 0.15) is 155 Å². The van der Waals surface area contributed by atoms with Gasteiger partial charge in [-0.05, 0) is 125 Å². The summed E-state index contributed by atoms with van der Waals surface area (Å²) in [6.07, 6.45) is 5.36. The molecule has 0 saturated heterocycles. The van der Waals surface area contributed by atoms with Crippen LogP contribution in [0.25, 0.3) is 0 Å². The predicted molar refractivity (Wildman–Crippen MR) is 342 cm³/mol. The van der Waals surface area contributed by atoms with E-state index in [0.29, 0.717) is 38.5 Å². The number of rotatable bonds is 28. The third-order valence-corrected chi connectivity index (χ3v) is 13.3. The number of esters is 2. The second kappa shape index (κ2) is 35.0. The van der Waals surface area contributed by atoms with Crippen LogP contribution in [0.4, 0.5) is 64.7 Å². The Labute approximate surface area is 516 Å². The Hall–Kier alpha value is -8.96. The molecule has 2 atom stereocenters. The fourth-order valence-electron chi connectivity index (χ4n) is 8.12. The van der Waals surface area contributed by atoms with E-state index in [4.69, 9.17) is 28.4 Å². The number of carbonyl (C=O) groups excluding carboxylic acids is 8. The molecular weight excluding hydrogens is 1130 g/mol. The Bertz CT molecular complexity index is 2710. The van der Waals surface area contributed by atoms with E-state index in [1.165, 1.54) is 74.5 Å². The maximum absolute atomic E-state index is 14.3. The van der Waals surface area contributed by atoms with Gasteiger partial charge in [-0.1, -0.05) is 82.1 Å². The maximum Gasteiger partial charge on any atom is 0.328 e. The molecule has 0 radical (unpaired) electrons. The van der Waals surface area contributed by atoms with Crippen LogP contribution < -0.4 is 72.1 Å². The largest absolute Gasteiger partial charge is 0.491 e. The lowest BCUT2D eigenvalue weighted by Crippen LogP contribution is -2.39. The first-order valence-electron chi connectivity index (χ1n) is 30.3. The summed E-state index contributed by atoms with van der Waals surface area (Å²) in [4.78, 5) is 111. The van der Waals surface area contributed by atoms with Crippen LogP contribution in [0.15, 0.2) is 60.7 Å². The molecule has 480 valence electrons. The van der Waals surface area contributed by atoms with E-state index in [2.05, 4.69) is 53.2 Å². The number of nitrogens with one attached hydrogen (secondary N) is 10. The molecule has 24 nitrogen and oxygen atoms in total. The Morgan fingerprint density at radius 1 is 0.364 bits per heavy atom. The molecule has 1 heterocycles. The number of unbranched alkanes of at least 4 members (excludes halogenated alkanes) is 2. The predicted octanol–water partition coefficient (Wildman–Crippen LogP) is 13.2. The smallest absolute Gasteiger partial charge is 0.328 e. The summed E-state index contributed by atoms with van der Waals surface area (Å²) in [5.41, 5.74) is 0.188. The summed E-state index contributed by atoms with van der Waals surface area (Å²) < 4.78 is 35.8. The van der Waals surface area contributed by atoms with Gasteiger partial charge >= 0.3 is 36.1 Å². The molecule has 5 rings (SSSR count). The number of anilines is 8. The molecule has 4 aromatic rings. The second-order valence-corrected chi connectivity index (χ2v) is 23.2. The molecule has 1 aliphatic rings. The van der Waals surface area contributed by atoms with E-state index < -0.39 is 60.0 Å². The molecule has 10 N–H and O–H groups in total. The van der Waals surface area contributed by atoms with Crippen molar-refractivity contribution in [1.82, 2.24) is 10.6 Å². The lowest BCUT2D eigenvalue weighted by molar-refractivity contribution is -0.146. The minimum atomic E-state index is -1.08. The van der Waals surface area contributed by atoms with Crippen LogP contribution in [-0.4, -0.2) is 99.6 Å². The number of fused-ring (bicyclic) bond motifs is 8. The molecule has 0 aromatic heterocycles. The number of ether oxygens (including phenoxy) is 6. The third kappa shape index (κ3) is 23.7. The van der Waals surface area contributed by atoms with Gasteiger partial charge < -0.3 is 81.6 Å². The first-order valence-corrected chi connectivity index (χ1v) is 30.3. The summed E-state index contributed by atoms with van der Waals surface area (Å²) in [7, 11) is 0. The van der Waals surface area contributed by atoms with Gasteiger partial charge in [0, 0.05) is 46.0 Å². The fourth-order valence-corrected chi connectivity index (χ4v) is 8.12. The van der Waals surface area contributed by atoms with Gasteiger partial charge in [0.1, 0.15) is 35.1 Å². The number of carbonyl (C=O) groups is 8. The van der Waals surface area contributed by atoms with Gasteiger partial charge in [-0.15, -0.1) is 0 Å². The molecule has 0 fully saturated rings. The zero-order valence-electron chi connectivity index (χ0n) is 52.9. The zero-order valence-corrected chi connectivity index (χ0v) is 52.9. The number of urea groups is 4. The van der Waals surface area contributed by atoms with Crippen molar-refractivity contribution in [1.29, 1.82) is 0 Å². The summed E-state index contributed by atoms with van der Waals surface area (Å²) in [6.45, 7) is 24.3. The van der Waals surface area contributed by atoms with Crippen LogP contribution in [0.2, 0.25) is 0 Å². The normalized spacial score (nSPS) is 13.4. The first-order chi connectivity index (χ1) is 41.9. The minimum absolute atomic E-state index is 0.0106. The standard InChI is InChI=1S/C64H90N10O14/c1-13-15-21-87-59(77)41(11)65-57(75)43-27-45-31-46(28-43)68-62(80)72-50-34-52(56(86-26-20-40(9)10)36-54(50)84-24-18-38(5)6)74-64(82)70-48-30-44(58(76)66-42(12)60(78)88-22-16-14-2)29-47(32-48)69-63(81)73-51-33-49(71-61(79)67-45)53(83-23-17-37(3)4)35-55(51)85-25-19-39(7)8/h27-42H,13-26H2,1-12H3,(H,65,75)(H,66,76)(H2,67,71,79)(H2,68,72,80)(H2,69,73,81)(H2,70,74,82)/t41-,42-/m0/s1. The van der Waals surface area contributed by atoms with E-state index in [9.17, 15) is 38.4 Å². The van der Waals surface area contributed by atoms with Gasteiger partial charge in [0.05, 0.1) is 62.4 Å². The van der Waals surface area contributed by atoms with Crippen molar-refractivity contribution in [2.45, 2.75) is 147 Å². The van der Waals surface area contributed by atoms with E-state index in [1.54, 1.807) is 0 Å². The van der Waals surface area contributed by atoms with Crippen LogP contribution in [-0.2, 0) is 19.1 Å². The lowest BCUT2D eigenvalue weighted by atomic mass is 10.1. The van der Waals surface area contributed by atoms with Crippen LogP contribution >= 0.6 is 0 Å². The average Bonchev–Trinajstić information content (AvgIpc) is 2.19. The zero-order chi connectivity index (χ0) is 64.5. The van der Waals surface area contributed by atoms with Crippen molar-refractivity contribution in [2.75, 3.05) is 82.2 Å². The summed E-state index contributed by atoms with van der Waals surface area (Å²) in [6, 6.07) is 8.56.